The summed E-state index contributed by atoms with van der Waals surface area (Å²) < 4.78 is 0. The molecule has 0 saturated heterocycles. The first-order chi connectivity index (χ1) is 3.66. The zero-order chi connectivity index (χ0) is 6.57. The highest BCUT2D eigenvalue weighted by atomic mass is 16.4. The van der Waals surface area contributed by atoms with Gasteiger partial charge in [-0.2, -0.15) is 0 Å². The van der Waals surface area contributed by atoms with Crippen LogP contribution >= 0.6 is 0 Å². The number of carboxylic acid groups (broad SMARTS) is 1. The standard InChI is InChI=1S/C4H7O4/c5-2-3(6)1-4(7)8/h2-3,5-6H,1H2,(H,7,8). The largest absolute Gasteiger partial charge is 0.481 e. The van der Waals surface area contributed by atoms with E-state index in [0.717, 1.165) is 0 Å². The molecule has 0 rings (SSSR count). The van der Waals surface area contributed by atoms with Crippen LogP contribution in [0.25, 0.3) is 0 Å². The summed E-state index contributed by atoms with van der Waals surface area (Å²) >= 11 is 0. The van der Waals surface area contributed by atoms with E-state index in [9.17, 15) is 4.79 Å². The molecule has 0 heterocycles. The third kappa shape index (κ3) is 3.58. The van der Waals surface area contributed by atoms with Crippen molar-refractivity contribution in [1.29, 1.82) is 0 Å². The molecule has 8 heavy (non-hydrogen) atoms. The number of hydrogen-bond donors (Lipinski definition) is 3. The van der Waals surface area contributed by atoms with Gasteiger partial charge in [-0.25, -0.2) is 0 Å². The maximum Gasteiger partial charge on any atom is 0.306 e. The summed E-state index contributed by atoms with van der Waals surface area (Å²) in [4.78, 5) is 9.68. The van der Waals surface area contributed by atoms with Gasteiger partial charge in [-0.15, -0.1) is 0 Å². The molecule has 0 aromatic heterocycles. The Kier molecular flexibility index (Phi) is 3.14. The van der Waals surface area contributed by atoms with Crippen molar-refractivity contribution in [2.45, 2.75) is 12.5 Å². The summed E-state index contributed by atoms with van der Waals surface area (Å²) in [5, 5.41) is 24.2. The van der Waals surface area contributed by atoms with Gasteiger partial charge in [0, 0.05) is 0 Å². The summed E-state index contributed by atoms with van der Waals surface area (Å²) in [7, 11) is 0. The second kappa shape index (κ2) is 3.40. The van der Waals surface area contributed by atoms with Gasteiger partial charge in [0.1, 0.15) is 6.61 Å². The second-order valence-corrected chi connectivity index (χ2v) is 1.31. The summed E-state index contributed by atoms with van der Waals surface area (Å²) in [5.74, 6) is -1.14. The van der Waals surface area contributed by atoms with E-state index in [4.69, 9.17) is 15.3 Å². The van der Waals surface area contributed by atoms with Crippen molar-refractivity contribution in [3.8, 4) is 0 Å². The minimum Gasteiger partial charge on any atom is -0.481 e. The molecule has 0 aromatic carbocycles. The number of aliphatic hydroxyl groups excluding tert-OH is 2. The van der Waals surface area contributed by atoms with Gasteiger partial charge in [0.15, 0.2) is 0 Å². The van der Waals surface area contributed by atoms with Crippen molar-refractivity contribution in [3.05, 3.63) is 6.61 Å². The quantitative estimate of drug-likeness (QED) is 0.461. The van der Waals surface area contributed by atoms with Gasteiger partial charge in [0.05, 0.1) is 12.5 Å². The molecule has 0 fully saturated rings. The Morgan fingerprint density at radius 2 is 2.25 bits per heavy atom. The normalized spacial score (nSPS) is 13.2. The molecule has 47 valence electrons. The van der Waals surface area contributed by atoms with Crippen LogP contribution in [0.2, 0.25) is 0 Å². The molecule has 0 aliphatic rings. The Morgan fingerprint density at radius 3 is 2.38 bits per heavy atom. The number of rotatable bonds is 3. The zero-order valence-electron chi connectivity index (χ0n) is 4.11. The number of carboxylic acids is 1. The van der Waals surface area contributed by atoms with Gasteiger partial charge in [0.2, 0.25) is 0 Å². The highest BCUT2D eigenvalue weighted by Gasteiger charge is 2.06. The predicted octanol–water partition coefficient (Wildman–Crippen LogP) is -0.644. The summed E-state index contributed by atoms with van der Waals surface area (Å²) in [6, 6.07) is 0. The van der Waals surface area contributed by atoms with Gasteiger partial charge in [-0.3, -0.25) is 4.79 Å². The average molecular weight is 119 g/mol. The van der Waals surface area contributed by atoms with Crippen LogP contribution in [0.3, 0.4) is 0 Å². The van der Waals surface area contributed by atoms with E-state index in [1.165, 1.54) is 0 Å². The molecule has 0 aliphatic heterocycles. The topological polar surface area (TPSA) is 77.8 Å². The molecule has 1 atom stereocenters. The zero-order valence-corrected chi connectivity index (χ0v) is 4.11. The van der Waals surface area contributed by atoms with Crippen molar-refractivity contribution in [1.82, 2.24) is 0 Å². The Balaban J connectivity index is 3.24. The van der Waals surface area contributed by atoms with Crippen molar-refractivity contribution >= 4 is 5.97 Å². The Morgan fingerprint density at radius 1 is 1.75 bits per heavy atom. The number of hydrogen-bond acceptors (Lipinski definition) is 3. The van der Waals surface area contributed by atoms with Crippen molar-refractivity contribution in [2.24, 2.45) is 0 Å². The lowest BCUT2D eigenvalue weighted by atomic mass is 10.3. The first kappa shape index (κ1) is 7.39. The monoisotopic (exact) mass is 119 g/mol. The Labute approximate surface area is 46.4 Å². The number of aliphatic hydroxyl groups is 2. The maximum atomic E-state index is 9.68. The predicted molar refractivity (Wildman–Crippen MR) is 24.5 cm³/mol. The van der Waals surface area contributed by atoms with E-state index in [0.29, 0.717) is 6.61 Å². The third-order valence-electron chi connectivity index (χ3n) is 0.556. The molecular formula is C4H7O4. The number of aliphatic carboxylic acids is 1. The van der Waals surface area contributed by atoms with Gasteiger partial charge < -0.3 is 15.3 Å². The minimum atomic E-state index is -1.24. The molecule has 0 bridgehead atoms. The second-order valence-electron chi connectivity index (χ2n) is 1.31. The fraction of sp³-hybridized carbons (Fsp3) is 0.500. The van der Waals surface area contributed by atoms with Crippen LogP contribution in [0.4, 0.5) is 0 Å². The van der Waals surface area contributed by atoms with Crippen LogP contribution < -0.4 is 0 Å². The van der Waals surface area contributed by atoms with Gasteiger partial charge in [0.25, 0.3) is 0 Å². The molecule has 4 nitrogen and oxygen atoms in total. The van der Waals surface area contributed by atoms with Gasteiger partial charge >= 0.3 is 5.97 Å². The van der Waals surface area contributed by atoms with E-state index in [2.05, 4.69) is 0 Å². The number of carbonyl (C=O) groups is 1. The Bertz CT molecular complexity index is 80.1. The molecule has 4 heteroatoms. The fourth-order valence-corrected chi connectivity index (χ4v) is 0.232. The summed E-state index contributed by atoms with van der Waals surface area (Å²) in [6.07, 6.45) is -1.69. The maximum absolute atomic E-state index is 9.68. The highest BCUT2D eigenvalue weighted by Crippen LogP contribution is 1.91. The molecule has 0 saturated carbocycles. The molecule has 0 amide bonds. The van der Waals surface area contributed by atoms with Crippen LogP contribution in [-0.2, 0) is 4.79 Å². The lowest BCUT2D eigenvalue weighted by molar-refractivity contribution is -0.139. The third-order valence-corrected chi connectivity index (χ3v) is 0.556. The summed E-state index contributed by atoms with van der Waals surface area (Å²) in [5.41, 5.74) is 0. The van der Waals surface area contributed by atoms with Crippen molar-refractivity contribution in [2.75, 3.05) is 0 Å². The van der Waals surface area contributed by atoms with E-state index >= 15 is 0 Å². The van der Waals surface area contributed by atoms with E-state index < -0.39 is 18.5 Å². The lowest BCUT2D eigenvalue weighted by Crippen LogP contribution is -2.12. The molecule has 0 spiro atoms. The Hall–Kier alpha value is -0.610. The molecule has 1 radical (unpaired) electrons. The highest BCUT2D eigenvalue weighted by molar-refractivity contribution is 5.67. The van der Waals surface area contributed by atoms with E-state index in [1.807, 2.05) is 0 Å². The summed E-state index contributed by atoms with van der Waals surface area (Å²) in [6.45, 7) is 0.439. The first-order valence-corrected chi connectivity index (χ1v) is 2.04. The van der Waals surface area contributed by atoms with Crippen LogP contribution in [0.15, 0.2) is 0 Å². The molecule has 0 aromatic rings. The average Bonchev–Trinajstić information content (AvgIpc) is 1.65. The SMILES string of the molecule is O=C(O)CC(O)[CH]O. The van der Waals surface area contributed by atoms with Crippen molar-refractivity contribution < 1.29 is 20.1 Å². The molecule has 1 unspecified atom stereocenters. The lowest BCUT2D eigenvalue weighted by Gasteiger charge is -1.98. The molecule has 0 aliphatic carbocycles. The minimum absolute atomic E-state index is 0.439. The van der Waals surface area contributed by atoms with Crippen molar-refractivity contribution in [3.63, 3.8) is 0 Å². The van der Waals surface area contributed by atoms with Crippen LogP contribution in [0.1, 0.15) is 6.42 Å². The van der Waals surface area contributed by atoms with Crippen LogP contribution in [0.5, 0.6) is 0 Å². The molecular weight excluding hydrogens is 112 g/mol. The van der Waals surface area contributed by atoms with Gasteiger partial charge in [-0.05, 0) is 0 Å². The van der Waals surface area contributed by atoms with Crippen LogP contribution in [0, 0.1) is 6.61 Å². The van der Waals surface area contributed by atoms with E-state index in [-0.39, 0.29) is 0 Å². The molecule has 3 N–H and O–H groups in total. The van der Waals surface area contributed by atoms with E-state index in [1.54, 1.807) is 0 Å². The van der Waals surface area contributed by atoms with Crippen LogP contribution in [-0.4, -0.2) is 27.4 Å². The fourth-order valence-electron chi connectivity index (χ4n) is 0.232. The smallest absolute Gasteiger partial charge is 0.306 e. The first-order valence-electron chi connectivity index (χ1n) is 2.04. The van der Waals surface area contributed by atoms with Gasteiger partial charge in [-0.1, -0.05) is 0 Å².